The molecule has 2 atom stereocenters. The number of nitrogens with zero attached hydrogens (tertiary/aromatic N) is 3. The molecule has 8 rings (SSSR count). The molecule has 0 bridgehead atoms. The number of imidazole rings is 1. The van der Waals surface area contributed by atoms with Gasteiger partial charge in [-0.15, -0.1) is 0 Å². The van der Waals surface area contributed by atoms with Crippen LogP contribution < -0.4 is 5.43 Å². The van der Waals surface area contributed by atoms with E-state index in [1.54, 1.807) is 52.4 Å². The van der Waals surface area contributed by atoms with Gasteiger partial charge < -0.3 is 19.4 Å². The summed E-state index contributed by atoms with van der Waals surface area (Å²) in [6.07, 6.45) is 3.76. The molecule has 1 unspecified atom stereocenters. The number of hydrogen-bond acceptors (Lipinski definition) is 6. The Balaban J connectivity index is 1.06. The Bertz CT molecular complexity index is 2410. The van der Waals surface area contributed by atoms with Crippen molar-refractivity contribution in [3.8, 4) is 33.5 Å². The highest BCUT2D eigenvalue weighted by atomic mass is 19.3. The number of amides is 2. The Morgan fingerprint density at radius 1 is 0.745 bits per heavy atom. The number of H-pyrrole nitrogens is 2. The number of hydrogen-bond donors (Lipinski definition) is 2. The molecule has 286 valence electrons. The van der Waals surface area contributed by atoms with Crippen LogP contribution >= 0.6 is 0 Å². The number of benzene rings is 3. The summed E-state index contributed by atoms with van der Waals surface area (Å²) in [5.74, 6) is -2.68. The molecule has 2 amide bonds. The van der Waals surface area contributed by atoms with Gasteiger partial charge in [0.1, 0.15) is 17.0 Å². The molecule has 4 heterocycles. The number of fused-ring (bicyclic) bond motifs is 4. The van der Waals surface area contributed by atoms with E-state index >= 15 is 8.78 Å². The summed E-state index contributed by atoms with van der Waals surface area (Å²) in [5, 5.41) is 0.466. The van der Waals surface area contributed by atoms with Crippen molar-refractivity contribution < 1.29 is 27.8 Å². The fourth-order valence-electron chi connectivity index (χ4n) is 8.07. The van der Waals surface area contributed by atoms with E-state index in [1.807, 2.05) is 47.6 Å². The number of carbonyl (C=O) groups excluding carboxylic acids is 2. The maximum absolute atomic E-state index is 16.4. The zero-order valence-corrected chi connectivity index (χ0v) is 31.9. The molecule has 2 fully saturated rings. The number of pyridine rings is 1. The third-order valence-corrected chi connectivity index (χ3v) is 10.5. The number of aromatic nitrogens is 3. The summed E-state index contributed by atoms with van der Waals surface area (Å²) in [4.78, 5) is 53.7. The normalized spacial score (nSPS) is 19.1. The maximum Gasteiger partial charge on any atom is 0.410 e. The van der Waals surface area contributed by atoms with Crippen molar-refractivity contribution in [1.29, 1.82) is 0 Å². The first kappa shape index (κ1) is 36.5. The van der Waals surface area contributed by atoms with Gasteiger partial charge in [0.25, 0.3) is 5.92 Å². The van der Waals surface area contributed by atoms with Crippen LogP contribution in [0.5, 0.6) is 0 Å². The van der Waals surface area contributed by atoms with Gasteiger partial charge in [-0.3, -0.25) is 14.6 Å². The van der Waals surface area contributed by atoms with Crippen LogP contribution in [0.3, 0.4) is 0 Å². The van der Waals surface area contributed by atoms with Crippen LogP contribution in [-0.4, -0.2) is 61.2 Å². The molecule has 1 aliphatic carbocycles. The van der Waals surface area contributed by atoms with Gasteiger partial charge in [0.05, 0.1) is 29.5 Å². The summed E-state index contributed by atoms with van der Waals surface area (Å²) in [7, 11) is 0. The number of nitrogens with one attached hydrogen (secondary N) is 2. The Hall–Kier alpha value is -5.52. The first-order valence-electron chi connectivity index (χ1n) is 18.9. The first-order valence-corrected chi connectivity index (χ1v) is 18.9. The van der Waals surface area contributed by atoms with E-state index in [0.717, 1.165) is 12.8 Å². The van der Waals surface area contributed by atoms with E-state index in [2.05, 4.69) is 15.0 Å². The van der Waals surface area contributed by atoms with Gasteiger partial charge in [0.15, 0.2) is 5.43 Å². The van der Waals surface area contributed by atoms with E-state index in [9.17, 15) is 14.4 Å². The van der Waals surface area contributed by atoms with Gasteiger partial charge >= 0.3 is 12.2 Å². The third kappa shape index (κ3) is 6.76. The second-order valence-corrected chi connectivity index (χ2v) is 16.8. The summed E-state index contributed by atoms with van der Waals surface area (Å²) >= 11 is 0. The molecule has 3 aromatic carbocycles. The van der Waals surface area contributed by atoms with Crippen LogP contribution in [-0.2, 0) is 15.4 Å². The van der Waals surface area contributed by atoms with Crippen molar-refractivity contribution in [2.45, 2.75) is 96.4 Å². The Morgan fingerprint density at radius 3 is 1.93 bits per heavy atom. The lowest BCUT2D eigenvalue weighted by Crippen LogP contribution is -2.36. The lowest BCUT2D eigenvalue weighted by atomic mass is 9.97. The molecule has 0 saturated carbocycles. The molecule has 0 spiro atoms. The molecule has 12 heteroatoms. The van der Waals surface area contributed by atoms with Crippen LogP contribution in [0.1, 0.15) is 102 Å². The molecular weight excluding hydrogens is 704 g/mol. The van der Waals surface area contributed by atoms with Crippen molar-refractivity contribution in [2.75, 3.05) is 13.1 Å². The average molecular weight is 750 g/mol. The quantitative estimate of drug-likeness (QED) is 0.189. The molecule has 55 heavy (non-hydrogen) atoms. The van der Waals surface area contributed by atoms with Crippen molar-refractivity contribution in [3.05, 3.63) is 99.7 Å². The highest BCUT2D eigenvalue weighted by Crippen LogP contribution is 2.53. The van der Waals surface area contributed by atoms with E-state index in [-0.39, 0.29) is 28.6 Å². The Kier molecular flexibility index (Phi) is 8.66. The molecule has 2 N–H and O–H groups in total. The fraction of sp³-hybridized carbons (Fsp3) is 0.395. The van der Waals surface area contributed by atoms with Gasteiger partial charge in [0, 0.05) is 46.9 Å². The molecule has 2 aromatic heterocycles. The van der Waals surface area contributed by atoms with Gasteiger partial charge in [0.2, 0.25) is 0 Å². The predicted molar refractivity (Wildman–Crippen MR) is 206 cm³/mol. The minimum absolute atomic E-state index is 0.0943. The smallest absolute Gasteiger partial charge is 0.410 e. The van der Waals surface area contributed by atoms with Crippen LogP contribution in [0, 0.1) is 0 Å². The number of carbonyl (C=O) groups is 2. The summed E-state index contributed by atoms with van der Waals surface area (Å²) in [6, 6.07) is 16.3. The van der Waals surface area contributed by atoms with Gasteiger partial charge in [-0.1, -0.05) is 30.3 Å². The number of ether oxygens (including phenoxy) is 2. The fourth-order valence-corrected chi connectivity index (χ4v) is 8.07. The standard InChI is InChI=1S/C43H45F2N5O5/c1-41(2,3)54-39(52)49-17-7-9-35(49)33-22-37(51)29-16-12-25(21-32(29)47-33)24-11-14-27-28-15-13-26(20-31(28)43(44,45)30(27)19-24)34-23-46-38(48-34)36-10-8-18-50(36)40(53)55-42(4,5)6/h11-16,19-23,35-36H,7-10,17-18H2,1-6H3,(H,46,48)(H,47,51)/t35?,36-/m0/s1. The van der Waals surface area contributed by atoms with Crippen molar-refractivity contribution in [3.63, 3.8) is 0 Å². The van der Waals surface area contributed by atoms with Gasteiger partial charge in [-0.2, -0.15) is 8.78 Å². The van der Waals surface area contributed by atoms with Crippen molar-refractivity contribution in [1.82, 2.24) is 24.8 Å². The number of likely N-dealkylation sites (tertiary alicyclic amines) is 2. The molecule has 2 saturated heterocycles. The van der Waals surface area contributed by atoms with Crippen LogP contribution in [0.15, 0.2) is 71.7 Å². The van der Waals surface area contributed by atoms with Gasteiger partial charge in [-0.25, -0.2) is 14.6 Å². The van der Waals surface area contributed by atoms with Crippen LogP contribution in [0.2, 0.25) is 0 Å². The summed E-state index contributed by atoms with van der Waals surface area (Å²) in [6.45, 7) is 12.0. The van der Waals surface area contributed by atoms with E-state index in [4.69, 9.17) is 9.47 Å². The molecule has 5 aromatic rings. The molecule has 2 aliphatic heterocycles. The number of rotatable bonds is 4. The summed E-state index contributed by atoms with van der Waals surface area (Å²) in [5.41, 5.74) is 2.82. The highest BCUT2D eigenvalue weighted by molar-refractivity contribution is 5.88. The lowest BCUT2D eigenvalue weighted by molar-refractivity contribution is 0.0209. The second-order valence-electron chi connectivity index (χ2n) is 16.8. The van der Waals surface area contributed by atoms with Gasteiger partial charge in [-0.05, 0) is 114 Å². The minimum Gasteiger partial charge on any atom is -0.444 e. The zero-order valence-electron chi connectivity index (χ0n) is 31.9. The number of aromatic amines is 2. The third-order valence-electron chi connectivity index (χ3n) is 10.5. The molecular formula is C43H45F2N5O5. The van der Waals surface area contributed by atoms with Crippen LogP contribution in [0.25, 0.3) is 44.4 Å². The molecule has 10 nitrogen and oxygen atoms in total. The Morgan fingerprint density at radius 2 is 1.29 bits per heavy atom. The number of halogens is 2. The largest absolute Gasteiger partial charge is 0.444 e. The van der Waals surface area contributed by atoms with Crippen molar-refractivity contribution >= 4 is 23.1 Å². The van der Waals surface area contributed by atoms with E-state index in [0.29, 0.717) is 81.9 Å². The average Bonchev–Trinajstić information content (AvgIpc) is 3.93. The zero-order chi connectivity index (χ0) is 39.0. The van der Waals surface area contributed by atoms with Crippen LogP contribution in [0.4, 0.5) is 18.4 Å². The SMILES string of the molecule is CC(C)(C)OC(=O)N1CCCC1c1cc(=O)c2ccc(-c3ccc4c(c3)C(F)(F)c3cc(-c5cnc([C@@H]6CCCN6C(=O)OC(C)(C)C)[nH]5)ccc3-4)cc2[nH]1. The van der Waals surface area contributed by atoms with E-state index in [1.165, 1.54) is 18.2 Å². The maximum atomic E-state index is 16.4. The monoisotopic (exact) mass is 749 g/mol. The Labute approximate surface area is 317 Å². The van der Waals surface area contributed by atoms with Crippen molar-refractivity contribution in [2.24, 2.45) is 0 Å². The number of alkyl halides is 2. The topological polar surface area (TPSA) is 121 Å². The first-order chi connectivity index (χ1) is 26.0. The second kappa shape index (κ2) is 13.1. The molecule has 0 radical (unpaired) electrons. The predicted octanol–water partition coefficient (Wildman–Crippen LogP) is 9.85. The van der Waals surface area contributed by atoms with E-state index < -0.39 is 29.3 Å². The summed E-state index contributed by atoms with van der Waals surface area (Å²) < 4.78 is 44.1. The highest BCUT2D eigenvalue weighted by Gasteiger charge is 2.45. The molecule has 3 aliphatic rings. The lowest BCUT2D eigenvalue weighted by Gasteiger charge is -2.28. The minimum atomic E-state index is -3.27.